The van der Waals surface area contributed by atoms with Crippen LogP contribution in [0, 0.1) is 11.3 Å². The number of hydrogen-bond donors (Lipinski definition) is 2. The molecule has 0 radical (unpaired) electrons. The van der Waals surface area contributed by atoms with Crippen molar-refractivity contribution in [3.05, 3.63) is 28.8 Å². The van der Waals surface area contributed by atoms with Gasteiger partial charge in [0.15, 0.2) is 18.1 Å². The van der Waals surface area contributed by atoms with Gasteiger partial charge in [-0.3, -0.25) is 4.79 Å². The fourth-order valence-corrected chi connectivity index (χ4v) is 1.43. The largest absolute Gasteiger partial charge is 0.479 e. The minimum absolute atomic E-state index is 0.168. The highest BCUT2D eigenvalue weighted by Crippen LogP contribution is 2.33. The average Bonchev–Trinajstić information content (AvgIpc) is 2.36. The minimum Gasteiger partial charge on any atom is -0.479 e. The first-order chi connectivity index (χ1) is 8.92. The second-order valence-corrected chi connectivity index (χ2v) is 3.29. The van der Waals surface area contributed by atoms with Crippen LogP contribution in [0.4, 0.5) is 8.78 Å². The molecule has 0 aromatic heterocycles. The summed E-state index contributed by atoms with van der Waals surface area (Å²) < 4.78 is 28.6. The summed E-state index contributed by atoms with van der Waals surface area (Å²) in [5.74, 6) is -2.59. The third kappa shape index (κ3) is 3.02. The lowest BCUT2D eigenvalue weighted by molar-refractivity contribution is -0.147. The molecular weight excluding hydrogens is 264 g/mol. The molecule has 0 aliphatic heterocycles. The summed E-state index contributed by atoms with van der Waals surface area (Å²) in [4.78, 5) is 21.5. The highest BCUT2D eigenvalue weighted by Gasteiger charge is 2.27. The number of carbonyl (C=O) groups excluding carboxylic acids is 1. The zero-order valence-corrected chi connectivity index (χ0v) is 9.21. The Morgan fingerprint density at radius 1 is 1.47 bits per heavy atom. The number of aldehydes is 1. The van der Waals surface area contributed by atoms with Crippen LogP contribution in [-0.2, 0) is 4.79 Å². The molecule has 0 fully saturated rings. The zero-order valence-electron chi connectivity index (χ0n) is 9.21. The third-order valence-electron chi connectivity index (χ3n) is 2.19. The monoisotopic (exact) mass is 271 g/mol. The van der Waals surface area contributed by atoms with Crippen LogP contribution in [0.15, 0.2) is 12.1 Å². The Labute approximate surface area is 105 Å². The number of hydrogen-bond acceptors (Lipinski definition) is 5. The van der Waals surface area contributed by atoms with Gasteiger partial charge in [-0.05, 0) is 12.1 Å². The molecule has 0 saturated carbocycles. The van der Waals surface area contributed by atoms with Crippen molar-refractivity contribution < 1.29 is 33.3 Å². The molecular formula is C11H7F2NO5. The third-order valence-corrected chi connectivity index (χ3v) is 2.19. The highest BCUT2D eigenvalue weighted by atomic mass is 19.3. The molecule has 1 unspecified atom stereocenters. The maximum Gasteiger partial charge on any atom is 0.387 e. The maximum absolute atomic E-state index is 12.3. The lowest BCUT2D eigenvalue weighted by atomic mass is 9.98. The van der Waals surface area contributed by atoms with E-state index in [1.54, 1.807) is 0 Å². The van der Waals surface area contributed by atoms with E-state index in [9.17, 15) is 23.5 Å². The number of carbonyl (C=O) groups is 2. The molecule has 0 heterocycles. The van der Waals surface area contributed by atoms with Crippen molar-refractivity contribution in [2.75, 3.05) is 0 Å². The summed E-state index contributed by atoms with van der Waals surface area (Å²) in [6.45, 7) is -3.34. The number of aliphatic hydroxyl groups excluding tert-OH is 1. The summed E-state index contributed by atoms with van der Waals surface area (Å²) >= 11 is 0. The summed E-state index contributed by atoms with van der Waals surface area (Å²) in [5, 5.41) is 26.9. The molecule has 19 heavy (non-hydrogen) atoms. The molecule has 8 heteroatoms. The first-order valence-electron chi connectivity index (χ1n) is 4.80. The molecule has 0 aliphatic carbocycles. The maximum atomic E-state index is 12.3. The van der Waals surface area contributed by atoms with E-state index in [0.717, 1.165) is 12.1 Å². The van der Waals surface area contributed by atoms with Crippen LogP contribution in [-0.4, -0.2) is 29.1 Å². The van der Waals surface area contributed by atoms with Crippen molar-refractivity contribution >= 4 is 12.3 Å². The van der Waals surface area contributed by atoms with Crippen LogP contribution in [0.3, 0.4) is 0 Å². The van der Waals surface area contributed by atoms with Gasteiger partial charge in [0.25, 0.3) is 0 Å². The zero-order chi connectivity index (χ0) is 14.6. The van der Waals surface area contributed by atoms with E-state index >= 15 is 0 Å². The Balaban J connectivity index is 3.57. The van der Waals surface area contributed by atoms with Gasteiger partial charge in [0, 0.05) is 11.1 Å². The van der Waals surface area contributed by atoms with E-state index in [0.29, 0.717) is 0 Å². The second kappa shape index (κ2) is 5.88. The van der Waals surface area contributed by atoms with Crippen molar-refractivity contribution in [1.29, 1.82) is 5.26 Å². The lowest BCUT2D eigenvalue weighted by Gasteiger charge is -2.16. The standard InChI is InChI=1S/C11H7F2NO5/c12-11(13)19-9-5(3-14)1-2-6(4-15)7(9)8(16)10(17)18/h1-2,4,8,11,16H,(H,17,18). The van der Waals surface area contributed by atoms with Crippen LogP contribution >= 0.6 is 0 Å². The number of carboxylic acids is 1. The number of nitrogens with zero attached hydrogens (tertiary/aromatic N) is 1. The van der Waals surface area contributed by atoms with Crippen molar-refractivity contribution in [2.45, 2.75) is 12.7 Å². The van der Waals surface area contributed by atoms with E-state index in [2.05, 4.69) is 4.74 Å². The predicted molar refractivity (Wildman–Crippen MR) is 55.8 cm³/mol. The molecule has 1 atom stereocenters. The van der Waals surface area contributed by atoms with E-state index in [1.165, 1.54) is 6.07 Å². The number of alkyl halides is 2. The van der Waals surface area contributed by atoms with Crippen LogP contribution in [0.25, 0.3) is 0 Å². The summed E-state index contributed by atoms with van der Waals surface area (Å²) in [6, 6.07) is 3.55. The average molecular weight is 271 g/mol. The number of carboxylic acid groups (broad SMARTS) is 1. The van der Waals surface area contributed by atoms with Crippen LogP contribution in [0.1, 0.15) is 27.6 Å². The number of nitriles is 1. The highest BCUT2D eigenvalue weighted by molar-refractivity contribution is 5.85. The van der Waals surface area contributed by atoms with E-state index in [4.69, 9.17) is 10.4 Å². The molecule has 1 rings (SSSR count). The van der Waals surface area contributed by atoms with Crippen LogP contribution < -0.4 is 4.74 Å². The van der Waals surface area contributed by atoms with Gasteiger partial charge in [-0.15, -0.1) is 0 Å². The summed E-state index contributed by atoms with van der Waals surface area (Å²) in [6.07, 6.45) is -2.09. The van der Waals surface area contributed by atoms with Crippen molar-refractivity contribution in [1.82, 2.24) is 0 Å². The molecule has 2 N–H and O–H groups in total. The van der Waals surface area contributed by atoms with Gasteiger partial charge in [-0.25, -0.2) is 4.79 Å². The Morgan fingerprint density at radius 2 is 2.11 bits per heavy atom. The smallest absolute Gasteiger partial charge is 0.387 e. The SMILES string of the molecule is N#Cc1ccc(C=O)c(C(O)C(=O)O)c1OC(F)F. The van der Waals surface area contributed by atoms with E-state index in [-0.39, 0.29) is 11.8 Å². The first-order valence-corrected chi connectivity index (χ1v) is 4.80. The van der Waals surface area contributed by atoms with Crippen molar-refractivity contribution in [2.24, 2.45) is 0 Å². The quantitative estimate of drug-likeness (QED) is 0.776. The topological polar surface area (TPSA) is 108 Å². The molecule has 0 bridgehead atoms. The predicted octanol–water partition coefficient (Wildman–Crippen LogP) is 1.09. The molecule has 1 aromatic rings. The van der Waals surface area contributed by atoms with Gasteiger partial charge >= 0.3 is 12.6 Å². The Hall–Kier alpha value is -2.53. The van der Waals surface area contributed by atoms with Gasteiger partial charge in [0.05, 0.1) is 5.56 Å². The first kappa shape index (κ1) is 14.5. The van der Waals surface area contributed by atoms with Gasteiger partial charge in [-0.2, -0.15) is 14.0 Å². The van der Waals surface area contributed by atoms with Crippen LogP contribution in [0.2, 0.25) is 0 Å². The number of halogens is 2. The van der Waals surface area contributed by atoms with Gasteiger partial charge < -0.3 is 14.9 Å². The molecule has 0 aliphatic rings. The molecule has 6 nitrogen and oxygen atoms in total. The fourth-order valence-electron chi connectivity index (χ4n) is 1.43. The number of aliphatic hydroxyl groups is 1. The molecule has 1 aromatic carbocycles. The van der Waals surface area contributed by atoms with Crippen molar-refractivity contribution in [3.63, 3.8) is 0 Å². The Morgan fingerprint density at radius 3 is 2.53 bits per heavy atom. The summed E-state index contributed by atoms with van der Waals surface area (Å²) in [7, 11) is 0. The minimum atomic E-state index is -3.34. The molecule has 0 spiro atoms. The fraction of sp³-hybridized carbons (Fsp3) is 0.182. The van der Waals surface area contributed by atoms with Gasteiger partial charge in [0.1, 0.15) is 6.07 Å². The number of rotatable bonds is 5. The number of benzene rings is 1. The molecule has 0 saturated heterocycles. The summed E-state index contributed by atoms with van der Waals surface area (Å²) in [5.41, 5.74) is -1.45. The van der Waals surface area contributed by atoms with E-state index in [1.807, 2.05) is 0 Å². The van der Waals surface area contributed by atoms with Gasteiger partial charge in [0.2, 0.25) is 0 Å². The van der Waals surface area contributed by atoms with Gasteiger partial charge in [-0.1, -0.05) is 0 Å². The van der Waals surface area contributed by atoms with E-state index < -0.39 is 35.6 Å². The number of aliphatic carboxylic acids is 1. The normalized spacial score (nSPS) is 11.7. The van der Waals surface area contributed by atoms with Crippen molar-refractivity contribution in [3.8, 4) is 11.8 Å². The molecule has 100 valence electrons. The van der Waals surface area contributed by atoms with Crippen LogP contribution in [0.5, 0.6) is 5.75 Å². The lowest BCUT2D eigenvalue weighted by Crippen LogP contribution is -2.16. The second-order valence-electron chi connectivity index (χ2n) is 3.29. The molecule has 0 amide bonds. The number of ether oxygens (including phenoxy) is 1. The Bertz CT molecular complexity index is 553. The Kier molecular flexibility index (Phi) is 4.50.